The zero-order valence-corrected chi connectivity index (χ0v) is 16.9. The van der Waals surface area contributed by atoms with Crippen molar-refractivity contribution in [2.45, 2.75) is 35.6 Å². The number of fused-ring (bicyclic) bond motifs is 1. The lowest BCUT2D eigenvalue weighted by Gasteiger charge is -2.38. The van der Waals surface area contributed by atoms with Crippen molar-refractivity contribution >= 4 is 35.2 Å². The average Bonchev–Trinajstić information content (AvgIpc) is 2.94. The normalized spacial score (nSPS) is 26.4. The maximum Gasteiger partial charge on any atom is 0.331 e. The molecule has 28 heavy (non-hydrogen) atoms. The van der Waals surface area contributed by atoms with Crippen molar-refractivity contribution in [3.63, 3.8) is 0 Å². The maximum absolute atomic E-state index is 13.3. The summed E-state index contributed by atoms with van der Waals surface area (Å²) in [4.78, 5) is 27.2. The van der Waals surface area contributed by atoms with Gasteiger partial charge in [0, 0.05) is 5.54 Å². The Labute approximate surface area is 173 Å². The highest BCUT2D eigenvalue weighted by Gasteiger charge is 2.60. The molecule has 4 rings (SSSR count). The second-order valence-corrected chi connectivity index (χ2v) is 9.01. The van der Waals surface area contributed by atoms with Crippen LogP contribution in [0, 0.1) is 0 Å². The minimum Gasteiger partial charge on any atom is -0.451 e. The molecule has 0 aliphatic carbocycles. The fourth-order valence-electron chi connectivity index (χ4n) is 3.81. The lowest BCUT2D eigenvalue weighted by Crippen LogP contribution is -2.57. The van der Waals surface area contributed by atoms with Gasteiger partial charge >= 0.3 is 5.97 Å². The first kappa shape index (κ1) is 19.1. The Morgan fingerprint density at radius 1 is 1.18 bits per heavy atom. The summed E-state index contributed by atoms with van der Waals surface area (Å²) in [6.45, 7) is 1.92. The van der Waals surface area contributed by atoms with Crippen LogP contribution in [-0.4, -0.2) is 32.9 Å². The highest BCUT2D eigenvalue weighted by Crippen LogP contribution is 2.52. The van der Waals surface area contributed by atoms with Gasteiger partial charge in [-0.1, -0.05) is 78.3 Å². The lowest BCUT2D eigenvalue weighted by molar-refractivity contribution is -0.163. The highest BCUT2D eigenvalue weighted by molar-refractivity contribution is 8.01. The van der Waals surface area contributed by atoms with Gasteiger partial charge in [0.15, 0.2) is 6.10 Å². The Bertz CT molecular complexity index is 865. The smallest absolute Gasteiger partial charge is 0.331 e. The third kappa shape index (κ3) is 3.33. The van der Waals surface area contributed by atoms with E-state index in [4.69, 9.17) is 16.3 Å². The monoisotopic (exact) mass is 413 g/mol. The van der Waals surface area contributed by atoms with Crippen molar-refractivity contribution in [2.75, 3.05) is 0 Å². The lowest BCUT2D eigenvalue weighted by atomic mass is 9.96. The molecule has 0 radical (unpaired) electrons. The SMILES string of the molecule is C[C@@]1(C=CCl)S[C@@H]2CC(=O)N2[C@H]1C(=O)OC(c1ccccc1)c1ccccc1. The molecule has 144 valence electrons. The first-order valence-corrected chi connectivity index (χ1v) is 10.4. The van der Waals surface area contributed by atoms with E-state index in [1.807, 2.05) is 67.6 Å². The van der Waals surface area contributed by atoms with Crippen LogP contribution in [0.25, 0.3) is 0 Å². The van der Waals surface area contributed by atoms with Crippen molar-refractivity contribution in [3.05, 3.63) is 83.4 Å². The number of nitrogens with zero attached hydrogens (tertiary/aromatic N) is 1. The van der Waals surface area contributed by atoms with Crippen LogP contribution < -0.4 is 0 Å². The minimum absolute atomic E-state index is 0.00480. The summed E-state index contributed by atoms with van der Waals surface area (Å²) in [7, 11) is 0. The zero-order chi connectivity index (χ0) is 19.7. The Morgan fingerprint density at radius 3 is 2.25 bits per heavy atom. The zero-order valence-electron chi connectivity index (χ0n) is 15.3. The fourth-order valence-corrected chi connectivity index (χ4v) is 5.80. The molecule has 2 aliphatic rings. The van der Waals surface area contributed by atoms with Crippen molar-refractivity contribution in [1.82, 2.24) is 4.90 Å². The maximum atomic E-state index is 13.3. The molecule has 6 heteroatoms. The second-order valence-electron chi connectivity index (χ2n) is 7.09. The first-order chi connectivity index (χ1) is 13.5. The Balaban J connectivity index is 1.66. The number of carbonyl (C=O) groups is 2. The molecule has 0 bridgehead atoms. The molecule has 0 unspecified atom stereocenters. The third-order valence-corrected chi connectivity index (χ3v) is 6.87. The van der Waals surface area contributed by atoms with E-state index >= 15 is 0 Å². The molecular formula is C22H20ClNO3S. The van der Waals surface area contributed by atoms with Gasteiger partial charge in [-0.2, -0.15) is 0 Å². The number of thioether (sulfide) groups is 1. The Kier molecular flexibility index (Phi) is 5.21. The van der Waals surface area contributed by atoms with E-state index in [9.17, 15) is 9.59 Å². The molecule has 0 saturated carbocycles. The number of amides is 1. The summed E-state index contributed by atoms with van der Waals surface area (Å²) in [6.07, 6.45) is 1.68. The summed E-state index contributed by atoms with van der Waals surface area (Å²) in [6, 6.07) is 18.5. The third-order valence-electron chi connectivity index (χ3n) is 5.21. The van der Waals surface area contributed by atoms with E-state index in [1.165, 1.54) is 5.54 Å². The largest absolute Gasteiger partial charge is 0.451 e. The molecule has 1 amide bonds. The Morgan fingerprint density at radius 2 is 1.75 bits per heavy atom. The van der Waals surface area contributed by atoms with Crippen LogP contribution in [0.1, 0.15) is 30.6 Å². The van der Waals surface area contributed by atoms with Crippen LogP contribution in [0.3, 0.4) is 0 Å². The number of hydrogen-bond acceptors (Lipinski definition) is 4. The number of esters is 1. The van der Waals surface area contributed by atoms with Crippen molar-refractivity contribution in [1.29, 1.82) is 0 Å². The molecule has 2 aromatic rings. The van der Waals surface area contributed by atoms with Crippen LogP contribution >= 0.6 is 23.4 Å². The molecule has 4 nitrogen and oxygen atoms in total. The van der Waals surface area contributed by atoms with Gasteiger partial charge in [0.2, 0.25) is 5.91 Å². The molecule has 0 aromatic heterocycles. The number of rotatable bonds is 5. The number of hydrogen-bond donors (Lipinski definition) is 0. The molecule has 0 spiro atoms. The summed E-state index contributed by atoms with van der Waals surface area (Å²) in [5, 5.41) is -0.00480. The van der Waals surface area contributed by atoms with Gasteiger partial charge < -0.3 is 9.64 Å². The predicted octanol–water partition coefficient (Wildman–Crippen LogP) is 4.50. The van der Waals surface area contributed by atoms with Crippen molar-refractivity contribution in [2.24, 2.45) is 0 Å². The van der Waals surface area contributed by atoms with E-state index in [0.717, 1.165) is 11.1 Å². The van der Waals surface area contributed by atoms with E-state index < -0.39 is 22.9 Å². The van der Waals surface area contributed by atoms with Crippen molar-refractivity contribution < 1.29 is 14.3 Å². The first-order valence-electron chi connectivity index (χ1n) is 9.11. The molecule has 2 saturated heterocycles. The minimum atomic E-state index is -0.700. The summed E-state index contributed by atoms with van der Waals surface area (Å²) < 4.78 is 5.41. The van der Waals surface area contributed by atoms with E-state index in [2.05, 4.69) is 0 Å². The molecular weight excluding hydrogens is 394 g/mol. The number of β-lactam (4-membered cyclic amide) rings is 1. The van der Waals surface area contributed by atoms with Gasteiger partial charge in [-0.25, -0.2) is 4.79 Å². The second kappa shape index (κ2) is 7.64. The molecule has 2 aromatic carbocycles. The van der Waals surface area contributed by atoms with E-state index in [-0.39, 0.29) is 11.3 Å². The average molecular weight is 414 g/mol. The standard InChI is InChI=1S/C22H20ClNO3S/c1-22(12-13-23)20(24-17(25)14-18(24)28-22)21(26)27-19(15-8-4-2-5-9-15)16-10-6-3-7-11-16/h2-13,18-20H,14H2,1H3/t18-,20+,22+/m1/s1. The topological polar surface area (TPSA) is 46.6 Å². The quantitative estimate of drug-likeness (QED) is 0.534. The van der Waals surface area contributed by atoms with Crippen LogP contribution in [-0.2, 0) is 14.3 Å². The molecule has 3 atom stereocenters. The van der Waals surface area contributed by atoms with Gasteiger partial charge in [0.05, 0.1) is 16.5 Å². The van der Waals surface area contributed by atoms with Crippen LogP contribution in [0.5, 0.6) is 0 Å². The number of benzene rings is 2. The van der Waals surface area contributed by atoms with Crippen LogP contribution in [0.2, 0.25) is 0 Å². The van der Waals surface area contributed by atoms with Crippen LogP contribution in [0.15, 0.2) is 72.3 Å². The van der Waals surface area contributed by atoms with Gasteiger partial charge in [-0.05, 0) is 18.1 Å². The molecule has 2 heterocycles. The van der Waals surface area contributed by atoms with Crippen molar-refractivity contribution in [3.8, 4) is 0 Å². The van der Waals surface area contributed by atoms with Gasteiger partial charge in [-0.15, -0.1) is 11.8 Å². The van der Waals surface area contributed by atoms with E-state index in [1.54, 1.807) is 22.7 Å². The molecule has 2 aliphatic heterocycles. The summed E-state index contributed by atoms with van der Waals surface area (Å²) in [5.74, 6) is -0.444. The van der Waals surface area contributed by atoms with E-state index in [0.29, 0.717) is 6.42 Å². The van der Waals surface area contributed by atoms with Gasteiger partial charge in [0.25, 0.3) is 0 Å². The highest BCUT2D eigenvalue weighted by atomic mass is 35.5. The van der Waals surface area contributed by atoms with Crippen LogP contribution in [0.4, 0.5) is 0 Å². The summed E-state index contributed by atoms with van der Waals surface area (Å²) in [5.41, 5.74) is 3.18. The molecule has 2 fully saturated rings. The number of carbonyl (C=O) groups excluding carboxylic acids is 2. The number of halogens is 1. The summed E-state index contributed by atoms with van der Waals surface area (Å²) >= 11 is 7.42. The van der Waals surface area contributed by atoms with Gasteiger partial charge in [-0.3, -0.25) is 4.79 Å². The molecule has 0 N–H and O–H groups in total. The fraction of sp³-hybridized carbons (Fsp3) is 0.273. The van der Waals surface area contributed by atoms with Gasteiger partial charge in [0.1, 0.15) is 6.04 Å². The predicted molar refractivity (Wildman–Crippen MR) is 111 cm³/mol. The Hall–Kier alpha value is -2.24. The number of ether oxygens (including phenoxy) is 1.